The number of para-hydroxylation sites is 1. The van der Waals surface area contributed by atoms with Crippen LogP contribution in [0.2, 0.25) is 5.02 Å². The van der Waals surface area contributed by atoms with Crippen LogP contribution in [-0.4, -0.2) is 31.8 Å². The molecule has 0 saturated heterocycles. The van der Waals surface area contributed by atoms with Gasteiger partial charge in [-0.15, -0.1) is 0 Å². The van der Waals surface area contributed by atoms with Crippen LogP contribution in [0.1, 0.15) is 24.1 Å². The summed E-state index contributed by atoms with van der Waals surface area (Å²) in [7, 11) is 4.65. The molecule has 0 spiro atoms. The van der Waals surface area contributed by atoms with Gasteiger partial charge in [-0.25, -0.2) is 4.99 Å². The lowest BCUT2D eigenvalue weighted by Crippen LogP contribution is -2.40. The molecule has 0 radical (unpaired) electrons. The zero-order chi connectivity index (χ0) is 28.4. The fraction of sp³-hybridized carbons (Fsp3) is 0.167. The zero-order valence-corrected chi connectivity index (χ0v) is 23.8. The number of aromatic nitrogens is 1. The summed E-state index contributed by atoms with van der Waals surface area (Å²) in [6.45, 7) is 1.76. The lowest BCUT2D eigenvalue weighted by atomic mass is 9.94. The molecule has 1 N–H and O–H groups in total. The molecule has 8 nitrogen and oxygen atoms in total. The summed E-state index contributed by atoms with van der Waals surface area (Å²) in [6.07, 6.45) is 1.72. The second-order valence-corrected chi connectivity index (χ2v) is 10.3. The van der Waals surface area contributed by atoms with Crippen LogP contribution in [0.15, 0.2) is 87.8 Å². The molecule has 0 aliphatic carbocycles. The molecule has 204 valence electrons. The van der Waals surface area contributed by atoms with Crippen molar-refractivity contribution in [3.05, 3.63) is 114 Å². The minimum absolute atomic E-state index is 0.314. The van der Waals surface area contributed by atoms with Gasteiger partial charge in [0.05, 0.1) is 37.1 Å². The van der Waals surface area contributed by atoms with Crippen molar-refractivity contribution in [3.8, 4) is 17.2 Å². The van der Waals surface area contributed by atoms with Crippen LogP contribution in [-0.2, 0) is 4.79 Å². The van der Waals surface area contributed by atoms with Gasteiger partial charge in [-0.1, -0.05) is 41.1 Å². The molecular formula is C30H26ClN3O5S. The number of amides is 1. The monoisotopic (exact) mass is 575 g/mol. The van der Waals surface area contributed by atoms with Crippen LogP contribution in [0.5, 0.6) is 17.2 Å². The van der Waals surface area contributed by atoms with E-state index < -0.39 is 6.04 Å². The molecule has 1 aliphatic rings. The SMILES string of the molecule is COc1ccc([C@H]2C(C(=O)Nc3ccccc3)=C(C)N=c3s/c(=C\c4cc(Cl)ccc4OC)c(=O)n32)c(OC)c1. The van der Waals surface area contributed by atoms with Crippen molar-refractivity contribution in [2.24, 2.45) is 4.99 Å². The summed E-state index contributed by atoms with van der Waals surface area (Å²) < 4.78 is 18.5. The Labute approximate surface area is 239 Å². The molecule has 0 saturated carbocycles. The van der Waals surface area contributed by atoms with Gasteiger partial charge in [0.1, 0.15) is 23.3 Å². The molecule has 0 fully saturated rings. The van der Waals surface area contributed by atoms with E-state index in [4.69, 9.17) is 30.8 Å². The van der Waals surface area contributed by atoms with E-state index in [0.717, 1.165) is 0 Å². The molecular weight excluding hydrogens is 550 g/mol. The molecule has 1 aromatic heterocycles. The van der Waals surface area contributed by atoms with E-state index in [2.05, 4.69) is 5.32 Å². The first-order valence-corrected chi connectivity index (χ1v) is 13.5. The van der Waals surface area contributed by atoms with Gasteiger partial charge in [-0.3, -0.25) is 14.2 Å². The van der Waals surface area contributed by atoms with Crippen LogP contribution in [0.3, 0.4) is 0 Å². The second kappa shape index (κ2) is 11.4. The highest BCUT2D eigenvalue weighted by molar-refractivity contribution is 7.07. The maximum Gasteiger partial charge on any atom is 0.271 e. The number of benzene rings is 3. The van der Waals surface area contributed by atoms with Crippen LogP contribution < -0.4 is 34.4 Å². The van der Waals surface area contributed by atoms with Gasteiger partial charge in [0.2, 0.25) is 0 Å². The van der Waals surface area contributed by atoms with Gasteiger partial charge < -0.3 is 19.5 Å². The highest BCUT2D eigenvalue weighted by Crippen LogP contribution is 2.37. The number of halogens is 1. The normalized spacial score (nSPS) is 14.8. The molecule has 2 heterocycles. The highest BCUT2D eigenvalue weighted by atomic mass is 35.5. The van der Waals surface area contributed by atoms with Gasteiger partial charge in [0.25, 0.3) is 11.5 Å². The van der Waals surface area contributed by atoms with Crippen molar-refractivity contribution >= 4 is 40.6 Å². The fourth-order valence-corrected chi connectivity index (χ4v) is 5.85. The smallest absolute Gasteiger partial charge is 0.271 e. The van der Waals surface area contributed by atoms with Gasteiger partial charge in [-0.2, -0.15) is 0 Å². The molecule has 40 heavy (non-hydrogen) atoms. The predicted molar refractivity (Wildman–Crippen MR) is 156 cm³/mol. The van der Waals surface area contributed by atoms with Crippen molar-refractivity contribution in [1.29, 1.82) is 0 Å². The Morgan fingerprint density at radius 2 is 1.75 bits per heavy atom. The second-order valence-electron chi connectivity index (χ2n) is 8.90. The number of fused-ring (bicyclic) bond motifs is 1. The Morgan fingerprint density at radius 3 is 2.45 bits per heavy atom. The molecule has 4 aromatic rings. The molecule has 0 bridgehead atoms. The van der Waals surface area contributed by atoms with E-state index in [1.54, 1.807) is 75.8 Å². The summed E-state index contributed by atoms with van der Waals surface area (Å²) in [6, 6.07) is 18.8. The molecule has 3 aromatic carbocycles. The van der Waals surface area contributed by atoms with Gasteiger partial charge in [0.15, 0.2) is 4.80 Å². The van der Waals surface area contributed by atoms with E-state index in [9.17, 15) is 9.59 Å². The number of hydrogen-bond acceptors (Lipinski definition) is 7. The van der Waals surface area contributed by atoms with E-state index in [1.165, 1.54) is 23.0 Å². The van der Waals surface area contributed by atoms with Crippen LogP contribution in [0, 0.1) is 0 Å². The summed E-state index contributed by atoms with van der Waals surface area (Å²) in [5.74, 6) is 1.25. The first kappa shape index (κ1) is 27.2. The third-order valence-electron chi connectivity index (χ3n) is 6.51. The van der Waals surface area contributed by atoms with Crippen molar-refractivity contribution in [1.82, 2.24) is 4.57 Å². The minimum atomic E-state index is -0.816. The zero-order valence-electron chi connectivity index (χ0n) is 22.2. The molecule has 1 atom stereocenters. The summed E-state index contributed by atoms with van der Waals surface area (Å²) in [5, 5.41) is 3.46. The number of nitrogens with zero attached hydrogens (tertiary/aromatic N) is 2. The number of carbonyl (C=O) groups excluding carboxylic acids is 1. The maximum atomic E-state index is 14.0. The average molecular weight is 576 g/mol. The lowest BCUT2D eigenvalue weighted by molar-refractivity contribution is -0.113. The average Bonchev–Trinajstić information content (AvgIpc) is 3.26. The Kier molecular flexibility index (Phi) is 7.77. The Balaban J connectivity index is 1.74. The molecule has 1 amide bonds. The first-order valence-electron chi connectivity index (χ1n) is 12.3. The van der Waals surface area contributed by atoms with Crippen LogP contribution in [0.4, 0.5) is 5.69 Å². The summed E-state index contributed by atoms with van der Waals surface area (Å²) in [4.78, 5) is 33.0. The van der Waals surface area contributed by atoms with E-state index in [1.807, 2.05) is 18.2 Å². The first-order chi connectivity index (χ1) is 19.3. The molecule has 5 rings (SSSR count). The maximum absolute atomic E-state index is 14.0. The van der Waals surface area contributed by atoms with E-state index in [-0.39, 0.29) is 11.5 Å². The number of ether oxygens (including phenoxy) is 3. The number of anilines is 1. The number of hydrogen-bond donors (Lipinski definition) is 1. The number of rotatable bonds is 7. The predicted octanol–water partition coefficient (Wildman–Crippen LogP) is 4.55. The topological polar surface area (TPSA) is 91.2 Å². The van der Waals surface area contributed by atoms with Gasteiger partial charge >= 0.3 is 0 Å². The lowest BCUT2D eigenvalue weighted by Gasteiger charge is -2.26. The van der Waals surface area contributed by atoms with Crippen molar-refractivity contribution in [3.63, 3.8) is 0 Å². The number of nitrogens with one attached hydrogen (secondary N) is 1. The van der Waals surface area contributed by atoms with Gasteiger partial charge in [0, 0.05) is 27.9 Å². The number of carbonyl (C=O) groups is 1. The van der Waals surface area contributed by atoms with Crippen molar-refractivity contribution < 1.29 is 19.0 Å². The molecule has 10 heteroatoms. The van der Waals surface area contributed by atoms with E-state index >= 15 is 0 Å². The molecule has 1 aliphatic heterocycles. The number of thiazole rings is 1. The van der Waals surface area contributed by atoms with Crippen LogP contribution >= 0.6 is 22.9 Å². The Bertz CT molecular complexity index is 1810. The quantitative estimate of drug-likeness (QED) is 0.349. The van der Waals surface area contributed by atoms with Crippen molar-refractivity contribution in [2.75, 3.05) is 26.6 Å². The van der Waals surface area contributed by atoms with Crippen molar-refractivity contribution in [2.45, 2.75) is 13.0 Å². The Hall–Kier alpha value is -4.34. The summed E-state index contributed by atoms with van der Waals surface area (Å²) >= 11 is 7.45. The third kappa shape index (κ3) is 5.13. The fourth-order valence-electron chi connectivity index (χ4n) is 4.63. The Morgan fingerprint density at radius 1 is 1.00 bits per heavy atom. The largest absolute Gasteiger partial charge is 0.497 e. The minimum Gasteiger partial charge on any atom is -0.497 e. The molecule has 0 unspecified atom stereocenters. The summed E-state index contributed by atoms with van der Waals surface area (Å²) in [5.41, 5.74) is 2.39. The third-order valence-corrected chi connectivity index (χ3v) is 7.73. The van der Waals surface area contributed by atoms with Gasteiger partial charge in [-0.05, 0) is 55.5 Å². The standard InChI is InChI=1S/C30H26ClN3O5S/c1-17-26(28(35)33-20-8-6-5-7-9-20)27(22-12-11-21(37-2)16-24(22)39-4)34-29(36)25(40-30(34)32-17)15-18-14-19(31)10-13-23(18)38-3/h5-16,27H,1-4H3,(H,33,35)/b25-15-/t27-/m0/s1. The van der Waals surface area contributed by atoms with E-state index in [0.29, 0.717) is 59.7 Å². The number of allylic oxidation sites excluding steroid dienone is 1. The van der Waals surface area contributed by atoms with Crippen LogP contribution in [0.25, 0.3) is 6.08 Å². The number of methoxy groups -OCH3 is 3. The highest BCUT2D eigenvalue weighted by Gasteiger charge is 2.34.